The smallest absolute Gasteiger partial charge is 0.240 e. The normalized spacial score (nSPS) is 23.7. The predicted octanol–water partition coefficient (Wildman–Crippen LogP) is 2.92. The predicted molar refractivity (Wildman–Crippen MR) is 103 cm³/mol. The van der Waals surface area contributed by atoms with Crippen molar-refractivity contribution in [2.24, 2.45) is 5.41 Å². The molecule has 1 aromatic heterocycles. The maximum absolute atomic E-state index is 5.36. The van der Waals surface area contributed by atoms with Gasteiger partial charge in [0.1, 0.15) is 6.61 Å². The van der Waals surface area contributed by atoms with Gasteiger partial charge in [0.25, 0.3) is 0 Å². The van der Waals surface area contributed by atoms with Gasteiger partial charge in [0.2, 0.25) is 5.89 Å². The average molecular weight is 370 g/mol. The first kappa shape index (κ1) is 18.6. The molecule has 0 amide bonds. The van der Waals surface area contributed by atoms with Gasteiger partial charge in [0, 0.05) is 20.2 Å². The lowest BCUT2D eigenvalue weighted by Crippen LogP contribution is -2.50. The Bertz CT molecular complexity index is 725. The Hall–Kier alpha value is -1.76. The van der Waals surface area contributed by atoms with Crippen molar-refractivity contribution in [2.75, 3.05) is 40.3 Å². The quantitative estimate of drug-likeness (QED) is 0.807. The van der Waals surface area contributed by atoms with E-state index in [1.807, 2.05) is 0 Å². The first-order valence-corrected chi connectivity index (χ1v) is 9.92. The van der Waals surface area contributed by atoms with Crippen LogP contribution in [0.2, 0.25) is 0 Å². The molecule has 0 aliphatic carbocycles. The van der Waals surface area contributed by atoms with E-state index in [1.54, 1.807) is 7.11 Å². The van der Waals surface area contributed by atoms with E-state index in [1.165, 1.54) is 37.9 Å². The molecule has 2 aromatic rings. The zero-order valence-corrected chi connectivity index (χ0v) is 16.4. The molecule has 4 rings (SSSR count). The molecule has 6 nitrogen and oxygen atoms in total. The molecule has 0 N–H and O–H groups in total. The molecule has 6 heteroatoms. The number of piperidine rings is 2. The lowest BCUT2D eigenvalue weighted by atomic mass is 9.68. The summed E-state index contributed by atoms with van der Waals surface area (Å²) >= 11 is 0. The van der Waals surface area contributed by atoms with Gasteiger partial charge in [0.15, 0.2) is 5.82 Å². The Morgan fingerprint density at radius 1 is 1.22 bits per heavy atom. The molecule has 1 atom stereocenters. The lowest BCUT2D eigenvalue weighted by Gasteiger charge is -2.49. The second-order valence-electron chi connectivity index (χ2n) is 8.32. The number of likely N-dealkylation sites (tertiary alicyclic amines) is 2. The number of benzene rings is 1. The van der Waals surface area contributed by atoms with Gasteiger partial charge in [-0.2, -0.15) is 4.98 Å². The number of methoxy groups -OCH3 is 1. The molecular weight excluding hydrogens is 340 g/mol. The maximum atomic E-state index is 5.36. The third kappa shape index (κ3) is 4.39. The summed E-state index contributed by atoms with van der Waals surface area (Å²) in [5.74, 6) is 1.96. The van der Waals surface area contributed by atoms with Crippen LogP contribution >= 0.6 is 0 Å². The number of nitrogens with zero attached hydrogens (tertiary/aromatic N) is 4. The number of hydrogen-bond acceptors (Lipinski definition) is 6. The Balaban J connectivity index is 1.36. The van der Waals surface area contributed by atoms with Crippen molar-refractivity contribution in [1.82, 2.24) is 19.9 Å². The third-order valence-electron chi connectivity index (χ3n) is 6.15. The van der Waals surface area contributed by atoms with Gasteiger partial charge in [0.05, 0.1) is 6.54 Å². The van der Waals surface area contributed by atoms with Crippen LogP contribution in [0.1, 0.15) is 42.5 Å². The van der Waals surface area contributed by atoms with Gasteiger partial charge in [-0.15, -0.1) is 0 Å². The number of aromatic nitrogens is 2. The van der Waals surface area contributed by atoms with Crippen molar-refractivity contribution in [3.05, 3.63) is 47.6 Å². The molecule has 1 aromatic carbocycles. The standard InChI is InChI=1S/C21H30N4O2/c1-24-13-18(17-6-4-3-5-7-17)12-21(16-24)8-10-25(11-9-21)14-20-22-19(15-26-2)23-27-20/h3-7,18H,8-16H2,1-2H3/t18-/m0/s1. The van der Waals surface area contributed by atoms with Crippen LogP contribution in [0.25, 0.3) is 0 Å². The Morgan fingerprint density at radius 3 is 2.74 bits per heavy atom. The van der Waals surface area contributed by atoms with E-state index >= 15 is 0 Å². The van der Waals surface area contributed by atoms with Crippen LogP contribution in [-0.2, 0) is 17.9 Å². The van der Waals surface area contributed by atoms with E-state index < -0.39 is 0 Å². The molecule has 2 fully saturated rings. The molecule has 146 valence electrons. The summed E-state index contributed by atoms with van der Waals surface area (Å²) in [6.45, 7) is 5.71. The van der Waals surface area contributed by atoms with Gasteiger partial charge in [-0.05, 0) is 56.3 Å². The van der Waals surface area contributed by atoms with Crippen molar-refractivity contribution in [3.63, 3.8) is 0 Å². The second-order valence-corrected chi connectivity index (χ2v) is 8.32. The highest BCUT2D eigenvalue weighted by atomic mass is 16.5. The molecule has 2 aliphatic rings. The van der Waals surface area contributed by atoms with Crippen LogP contribution in [0.15, 0.2) is 34.9 Å². The maximum Gasteiger partial charge on any atom is 0.240 e. The molecule has 2 aliphatic heterocycles. The first-order valence-electron chi connectivity index (χ1n) is 9.92. The first-order chi connectivity index (χ1) is 13.2. The monoisotopic (exact) mass is 370 g/mol. The zero-order chi connectivity index (χ0) is 18.7. The molecule has 3 heterocycles. The van der Waals surface area contributed by atoms with Crippen molar-refractivity contribution >= 4 is 0 Å². The molecule has 2 saturated heterocycles. The second kappa shape index (κ2) is 8.09. The summed E-state index contributed by atoms with van der Waals surface area (Å²) in [7, 11) is 3.92. The van der Waals surface area contributed by atoms with Gasteiger partial charge in [-0.25, -0.2) is 0 Å². The Morgan fingerprint density at radius 2 is 2.00 bits per heavy atom. The Kier molecular flexibility index (Phi) is 5.57. The highest BCUT2D eigenvalue weighted by Gasteiger charge is 2.41. The van der Waals surface area contributed by atoms with Crippen LogP contribution in [0, 0.1) is 5.41 Å². The molecule has 0 bridgehead atoms. The highest BCUT2D eigenvalue weighted by Crippen LogP contribution is 2.44. The van der Waals surface area contributed by atoms with E-state index in [0.717, 1.165) is 19.6 Å². The molecular formula is C21H30N4O2. The summed E-state index contributed by atoms with van der Waals surface area (Å²) < 4.78 is 10.4. The summed E-state index contributed by atoms with van der Waals surface area (Å²) in [6, 6.07) is 11.0. The van der Waals surface area contributed by atoms with Crippen molar-refractivity contribution in [1.29, 1.82) is 0 Å². The largest absolute Gasteiger partial charge is 0.377 e. The van der Waals surface area contributed by atoms with Gasteiger partial charge in [-0.3, -0.25) is 4.90 Å². The Labute approximate surface area is 161 Å². The van der Waals surface area contributed by atoms with Gasteiger partial charge >= 0.3 is 0 Å². The summed E-state index contributed by atoms with van der Waals surface area (Å²) in [4.78, 5) is 9.39. The van der Waals surface area contributed by atoms with Crippen molar-refractivity contribution < 1.29 is 9.26 Å². The van der Waals surface area contributed by atoms with Crippen LogP contribution in [0.4, 0.5) is 0 Å². The van der Waals surface area contributed by atoms with E-state index in [9.17, 15) is 0 Å². The molecule has 0 unspecified atom stereocenters. The summed E-state index contributed by atoms with van der Waals surface area (Å²) in [5.41, 5.74) is 1.92. The van der Waals surface area contributed by atoms with Crippen LogP contribution < -0.4 is 0 Å². The highest BCUT2D eigenvalue weighted by molar-refractivity contribution is 5.21. The lowest BCUT2D eigenvalue weighted by molar-refractivity contribution is 0.0191. The fourth-order valence-electron chi connectivity index (χ4n) is 4.89. The number of hydrogen-bond donors (Lipinski definition) is 0. The SMILES string of the molecule is COCc1noc(CN2CCC3(CC2)C[C@H](c2ccccc2)CN(C)C3)n1. The zero-order valence-electron chi connectivity index (χ0n) is 16.4. The van der Waals surface area contributed by atoms with Crippen LogP contribution in [0.5, 0.6) is 0 Å². The van der Waals surface area contributed by atoms with E-state index in [0.29, 0.717) is 29.7 Å². The minimum absolute atomic E-state index is 0.403. The molecule has 0 saturated carbocycles. The van der Waals surface area contributed by atoms with Crippen LogP contribution in [0.3, 0.4) is 0 Å². The van der Waals surface area contributed by atoms with E-state index in [-0.39, 0.29) is 0 Å². The summed E-state index contributed by atoms with van der Waals surface area (Å²) in [6.07, 6.45) is 3.77. The third-order valence-corrected chi connectivity index (χ3v) is 6.15. The van der Waals surface area contributed by atoms with Crippen LogP contribution in [-0.4, -0.2) is 60.3 Å². The fourth-order valence-corrected chi connectivity index (χ4v) is 4.89. The van der Waals surface area contributed by atoms with E-state index in [4.69, 9.17) is 9.26 Å². The minimum Gasteiger partial charge on any atom is -0.377 e. The minimum atomic E-state index is 0.403. The van der Waals surface area contributed by atoms with Gasteiger partial charge < -0.3 is 14.2 Å². The molecule has 0 radical (unpaired) electrons. The number of ether oxygens (including phenoxy) is 1. The number of likely N-dealkylation sites (N-methyl/N-ethyl adjacent to an activating group) is 1. The average Bonchev–Trinajstić information content (AvgIpc) is 3.11. The molecule has 27 heavy (non-hydrogen) atoms. The van der Waals surface area contributed by atoms with Crippen molar-refractivity contribution in [3.8, 4) is 0 Å². The van der Waals surface area contributed by atoms with Crippen molar-refractivity contribution in [2.45, 2.75) is 38.3 Å². The van der Waals surface area contributed by atoms with Gasteiger partial charge in [-0.1, -0.05) is 35.5 Å². The number of rotatable bonds is 5. The molecule has 1 spiro atoms. The topological polar surface area (TPSA) is 54.6 Å². The fraction of sp³-hybridized carbons (Fsp3) is 0.619. The van der Waals surface area contributed by atoms with E-state index in [2.05, 4.69) is 57.3 Å². The summed E-state index contributed by atoms with van der Waals surface area (Å²) in [5, 5.41) is 3.96.